The highest BCUT2D eigenvalue weighted by atomic mass is 16.6. The summed E-state index contributed by atoms with van der Waals surface area (Å²) in [6.07, 6.45) is 3.88. The lowest BCUT2D eigenvalue weighted by Crippen LogP contribution is -2.46. The first-order chi connectivity index (χ1) is 10.9. The van der Waals surface area contributed by atoms with Gasteiger partial charge in [0.25, 0.3) is 0 Å². The summed E-state index contributed by atoms with van der Waals surface area (Å²) in [7, 11) is 0. The molecule has 3 rings (SSSR count). The van der Waals surface area contributed by atoms with Crippen LogP contribution < -0.4 is 5.32 Å². The molecular formula is C15H26N6O2. The summed E-state index contributed by atoms with van der Waals surface area (Å²) in [5, 5.41) is 15.0. The van der Waals surface area contributed by atoms with Gasteiger partial charge in [0, 0.05) is 19.1 Å². The summed E-state index contributed by atoms with van der Waals surface area (Å²) in [4.78, 5) is 14.2. The van der Waals surface area contributed by atoms with Gasteiger partial charge in [-0.15, -0.1) is 5.10 Å². The lowest BCUT2D eigenvalue weighted by atomic mass is 10.1. The predicted octanol–water partition coefficient (Wildman–Crippen LogP) is 1.50. The van der Waals surface area contributed by atoms with E-state index in [4.69, 9.17) is 4.74 Å². The molecule has 1 N–H and O–H groups in total. The van der Waals surface area contributed by atoms with Gasteiger partial charge in [0.05, 0.1) is 12.6 Å². The zero-order chi connectivity index (χ0) is 16.4. The fourth-order valence-electron chi connectivity index (χ4n) is 2.83. The van der Waals surface area contributed by atoms with Crippen molar-refractivity contribution < 1.29 is 9.53 Å². The number of nitrogens with zero attached hydrogens (tertiary/aromatic N) is 5. The van der Waals surface area contributed by atoms with E-state index in [0.29, 0.717) is 6.04 Å². The average molecular weight is 322 g/mol. The van der Waals surface area contributed by atoms with Gasteiger partial charge < -0.3 is 10.1 Å². The van der Waals surface area contributed by atoms with Gasteiger partial charge in [-0.05, 0) is 56.9 Å². The fraction of sp³-hybridized carbons (Fsp3) is 0.867. The van der Waals surface area contributed by atoms with Crippen LogP contribution in [0, 0.1) is 0 Å². The first-order valence-corrected chi connectivity index (χ1v) is 8.39. The topological polar surface area (TPSA) is 85.2 Å². The quantitative estimate of drug-likeness (QED) is 0.904. The zero-order valence-corrected chi connectivity index (χ0v) is 14.2. The third-order valence-electron chi connectivity index (χ3n) is 4.13. The van der Waals surface area contributed by atoms with Gasteiger partial charge in [-0.3, -0.25) is 4.90 Å². The number of likely N-dealkylation sites (tertiary alicyclic amines) is 1. The van der Waals surface area contributed by atoms with Crippen LogP contribution in [0.1, 0.15) is 58.3 Å². The van der Waals surface area contributed by atoms with Crippen LogP contribution >= 0.6 is 0 Å². The Balaban J connectivity index is 1.43. The number of aromatic nitrogens is 4. The van der Waals surface area contributed by atoms with Crippen molar-refractivity contribution in [3.8, 4) is 0 Å². The van der Waals surface area contributed by atoms with Crippen molar-refractivity contribution in [1.29, 1.82) is 0 Å². The summed E-state index contributed by atoms with van der Waals surface area (Å²) in [5.74, 6) is 0.950. The molecule has 1 aliphatic carbocycles. The maximum atomic E-state index is 11.8. The number of carbonyl (C=O) groups excluding carboxylic acids is 1. The van der Waals surface area contributed by atoms with Crippen molar-refractivity contribution in [1.82, 2.24) is 30.4 Å². The molecule has 23 heavy (non-hydrogen) atoms. The SMILES string of the molecule is CC(C)(C)OC(=O)NC1CCN(Cc2nnnn2C2CC2)CC1. The van der Waals surface area contributed by atoms with Crippen molar-refractivity contribution in [3.05, 3.63) is 5.82 Å². The summed E-state index contributed by atoms with van der Waals surface area (Å²) < 4.78 is 7.27. The molecule has 2 heterocycles. The summed E-state index contributed by atoms with van der Waals surface area (Å²) in [6.45, 7) is 8.26. The van der Waals surface area contributed by atoms with E-state index in [1.165, 1.54) is 12.8 Å². The van der Waals surface area contributed by atoms with Crippen LogP contribution in [0.4, 0.5) is 4.79 Å². The van der Waals surface area contributed by atoms with E-state index >= 15 is 0 Å². The standard InChI is InChI=1S/C15H26N6O2/c1-15(2,3)23-14(22)16-11-6-8-20(9-7-11)10-13-17-18-19-21(13)12-4-5-12/h11-12H,4-10H2,1-3H3,(H,16,22). The molecule has 0 unspecified atom stereocenters. The molecule has 8 nitrogen and oxygen atoms in total. The molecule has 1 aromatic heterocycles. The highest BCUT2D eigenvalue weighted by Crippen LogP contribution is 2.34. The van der Waals surface area contributed by atoms with Crippen LogP contribution in [0.5, 0.6) is 0 Å². The van der Waals surface area contributed by atoms with Crippen molar-refractivity contribution in [2.75, 3.05) is 13.1 Å². The third kappa shape index (κ3) is 4.63. The Morgan fingerprint density at radius 1 is 1.26 bits per heavy atom. The number of carbonyl (C=O) groups is 1. The first-order valence-electron chi connectivity index (χ1n) is 8.39. The molecule has 1 aromatic rings. The maximum absolute atomic E-state index is 11.8. The Bertz CT molecular complexity index is 540. The molecule has 0 spiro atoms. The van der Waals surface area contributed by atoms with Crippen molar-refractivity contribution in [2.24, 2.45) is 0 Å². The Morgan fingerprint density at radius 2 is 1.96 bits per heavy atom. The van der Waals surface area contributed by atoms with Crippen LogP contribution in [0.2, 0.25) is 0 Å². The first kappa shape index (κ1) is 16.2. The molecule has 8 heteroatoms. The lowest BCUT2D eigenvalue weighted by molar-refractivity contribution is 0.0476. The number of rotatable bonds is 4. The number of piperidine rings is 1. The predicted molar refractivity (Wildman–Crippen MR) is 83.8 cm³/mol. The highest BCUT2D eigenvalue weighted by Gasteiger charge is 2.29. The van der Waals surface area contributed by atoms with Crippen LogP contribution in [0.15, 0.2) is 0 Å². The molecule has 1 amide bonds. The molecule has 1 saturated carbocycles. The number of nitrogens with one attached hydrogen (secondary N) is 1. The van der Waals surface area contributed by atoms with E-state index < -0.39 is 5.60 Å². The van der Waals surface area contributed by atoms with E-state index in [9.17, 15) is 4.79 Å². The van der Waals surface area contributed by atoms with E-state index in [2.05, 4.69) is 25.7 Å². The number of alkyl carbamates (subject to hydrolysis) is 1. The summed E-state index contributed by atoms with van der Waals surface area (Å²) >= 11 is 0. The van der Waals surface area contributed by atoms with Crippen LogP contribution in [-0.4, -0.2) is 55.9 Å². The van der Waals surface area contributed by atoms with Gasteiger partial charge in [0.2, 0.25) is 0 Å². The molecule has 0 aromatic carbocycles. The van der Waals surface area contributed by atoms with Gasteiger partial charge in [-0.2, -0.15) is 0 Å². The lowest BCUT2D eigenvalue weighted by Gasteiger charge is -2.32. The minimum absolute atomic E-state index is 0.181. The second-order valence-corrected chi connectivity index (χ2v) is 7.47. The monoisotopic (exact) mass is 322 g/mol. The smallest absolute Gasteiger partial charge is 0.407 e. The number of hydrogen-bond donors (Lipinski definition) is 1. The van der Waals surface area contributed by atoms with E-state index in [1.807, 2.05) is 25.5 Å². The van der Waals surface area contributed by atoms with Gasteiger partial charge in [0.15, 0.2) is 5.82 Å². The third-order valence-corrected chi connectivity index (χ3v) is 4.13. The molecule has 2 fully saturated rings. The molecule has 0 radical (unpaired) electrons. The number of hydrogen-bond acceptors (Lipinski definition) is 6. The molecule has 1 saturated heterocycles. The highest BCUT2D eigenvalue weighted by molar-refractivity contribution is 5.68. The summed E-state index contributed by atoms with van der Waals surface area (Å²) in [6, 6.07) is 0.687. The number of ether oxygens (including phenoxy) is 1. The Labute approximate surface area is 136 Å². The number of amides is 1. The van der Waals surface area contributed by atoms with Crippen LogP contribution in [0.3, 0.4) is 0 Å². The number of tetrazole rings is 1. The molecule has 0 bridgehead atoms. The minimum Gasteiger partial charge on any atom is -0.444 e. The second-order valence-electron chi connectivity index (χ2n) is 7.47. The second kappa shape index (κ2) is 6.43. The molecule has 2 aliphatic rings. The molecular weight excluding hydrogens is 296 g/mol. The van der Waals surface area contributed by atoms with E-state index in [-0.39, 0.29) is 12.1 Å². The van der Waals surface area contributed by atoms with Gasteiger partial charge in [-0.1, -0.05) is 0 Å². The van der Waals surface area contributed by atoms with Crippen molar-refractivity contribution in [2.45, 2.75) is 70.7 Å². The summed E-state index contributed by atoms with van der Waals surface area (Å²) in [5.41, 5.74) is -0.454. The molecule has 0 atom stereocenters. The van der Waals surface area contributed by atoms with Gasteiger partial charge >= 0.3 is 6.09 Å². The fourth-order valence-corrected chi connectivity index (χ4v) is 2.83. The van der Waals surface area contributed by atoms with E-state index in [1.54, 1.807) is 0 Å². The molecule has 128 valence electrons. The molecule has 1 aliphatic heterocycles. The zero-order valence-electron chi connectivity index (χ0n) is 14.2. The van der Waals surface area contributed by atoms with Gasteiger partial charge in [-0.25, -0.2) is 9.48 Å². The largest absolute Gasteiger partial charge is 0.444 e. The normalized spacial score (nSPS) is 20.5. The van der Waals surface area contributed by atoms with Crippen molar-refractivity contribution in [3.63, 3.8) is 0 Å². The van der Waals surface area contributed by atoms with Crippen LogP contribution in [-0.2, 0) is 11.3 Å². The Morgan fingerprint density at radius 3 is 2.57 bits per heavy atom. The Hall–Kier alpha value is -1.70. The van der Waals surface area contributed by atoms with Gasteiger partial charge in [0.1, 0.15) is 5.60 Å². The van der Waals surface area contributed by atoms with Crippen LogP contribution in [0.25, 0.3) is 0 Å². The van der Waals surface area contributed by atoms with E-state index in [0.717, 1.165) is 38.3 Å². The minimum atomic E-state index is -0.454. The maximum Gasteiger partial charge on any atom is 0.407 e. The average Bonchev–Trinajstić information content (AvgIpc) is 3.19. The van der Waals surface area contributed by atoms with Crippen molar-refractivity contribution >= 4 is 6.09 Å². The Kier molecular flexibility index (Phi) is 4.52.